The Balaban J connectivity index is 2.26. The van der Waals surface area contributed by atoms with Crippen LogP contribution in [-0.4, -0.2) is 62.8 Å². The summed E-state index contributed by atoms with van der Waals surface area (Å²) < 4.78 is 34.9. The molecule has 2 rings (SSSR count). The minimum atomic E-state index is -3.21. The molecule has 0 aliphatic carbocycles. The van der Waals surface area contributed by atoms with Crippen LogP contribution in [0.4, 0.5) is 4.79 Å². The molecule has 1 amide bonds. The maximum Gasteiger partial charge on any atom is 0.410 e. The molecule has 6 nitrogen and oxygen atoms in total. The van der Waals surface area contributed by atoms with Crippen LogP contribution in [0.2, 0.25) is 0 Å². The van der Waals surface area contributed by atoms with E-state index in [0.29, 0.717) is 13.1 Å². The van der Waals surface area contributed by atoms with Crippen molar-refractivity contribution < 1.29 is 22.7 Å². The number of sulfone groups is 1. The lowest BCUT2D eigenvalue weighted by Crippen LogP contribution is -2.40. The number of nitrogens with zero attached hydrogens (tertiary/aromatic N) is 1. The number of carbonyl (C=O) groups excluding carboxylic acids is 1. The zero-order valence-corrected chi connectivity index (χ0v) is 16.1. The third kappa shape index (κ3) is 6.32. The molecule has 1 unspecified atom stereocenters. The standard InChI is InChI=1S/C18H27NO5S/c1-18(2,3)24-17(20)19-10-11-23-16(13-25(4,21)22)15(12-19)14-8-6-5-7-9-14/h5-9,15-16H,10-13H2,1-4H3/t15?,16-/m1/s1. The van der Waals surface area contributed by atoms with Crippen molar-refractivity contribution in [3.63, 3.8) is 0 Å². The smallest absolute Gasteiger partial charge is 0.410 e. The molecule has 1 aliphatic rings. The van der Waals surface area contributed by atoms with Gasteiger partial charge in [0, 0.05) is 25.3 Å². The van der Waals surface area contributed by atoms with Crippen LogP contribution in [0.5, 0.6) is 0 Å². The first kappa shape index (κ1) is 19.7. The summed E-state index contributed by atoms with van der Waals surface area (Å²) >= 11 is 0. The molecule has 0 aromatic heterocycles. The van der Waals surface area contributed by atoms with Crippen molar-refractivity contribution in [3.8, 4) is 0 Å². The molecule has 1 aliphatic heterocycles. The Morgan fingerprint density at radius 1 is 1.28 bits per heavy atom. The van der Waals surface area contributed by atoms with Crippen molar-refractivity contribution in [1.82, 2.24) is 4.90 Å². The summed E-state index contributed by atoms with van der Waals surface area (Å²) in [5.41, 5.74) is 0.366. The summed E-state index contributed by atoms with van der Waals surface area (Å²) in [7, 11) is -3.21. The number of carbonyl (C=O) groups is 1. The van der Waals surface area contributed by atoms with Gasteiger partial charge in [0.2, 0.25) is 0 Å². The molecule has 7 heteroatoms. The normalized spacial score (nSPS) is 22.3. The highest BCUT2D eigenvalue weighted by molar-refractivity contribution is 7.90. The van der Waals surface area contributed by atoms with E-state index in [1.165, 1.54) is 6.26 Å². The third-order valence-electron chi connectivity index (χ3n) is 3.91. The van der Waals surface area contributed by atoms with Crippen molar-refractivity contribution in [2.45, 2.75) is 38.4 Å². The Bertz CT molecular complexity index is 681. The first-order chi connectivity index (χ1) is 11.6. The second kappa shape index (κ2) is 7.74. The molecule has 1 heterocycles. The van der Waals surface area contributed by atoms with Gasteiger partial charge in [-0.3, -0.25) is 0 Å². The summed E-state index contributed by atoms with van der Waals surface area (Å²) in [5.74, 6) is -0.305. The predicted octanol–water partition coefficient (Wildman–Crippen LogP) is 2.45. The van der Waals surface area contributed by atoms with Gasteiger partial charge in [-0.05, 0) is 26.3 Å². The lowest BCUT2D eigenvalue weighted by Gasteiger charge is -2.29. The fourth-order valence-electron chi connectivity index (χ4n) is 2.85. The lowest BCUT2D eigenvalue weighted by molar-refractivity contribution is 0.0235. The maximum atomic E-state index is 12.5. The Kier molecular flexibility index (Phi) is 6.11. The summed E-state index contributed by atoms with van der Waals surface area (Å²) in [6.07, 6.45) is 0.302. The van der Waals surface area contributed by atoms with Crippen molar-refractivity contribution >= 4 is 15.9 Å². The van der Waals surface area contributed by atoms with E-state index < -0.39 is 27.6 Å². The number of rotatable bonds is 3. The van der Waals surface area contributed by atoms with Gasteiger partial charge in [-0.15, -0.1) is 0 Å². The van der Waals surface area contributed by atoms with Crippen LogP contribution in [-0.2, 0) is 19.3 Å². The van der Waals surface area contributed by atoms with Gasteiger partial charge in [0.05, 0.1) is 18.5 Å². The molecule has 140 valence electrons. The first-order valence-corrected chi connectivity index (χ1v) is 10.4. The minimum absolute atomic E-state index is 0.0747. The van der Waals surface area contributed by atoms with Crippen LogP contribution < -0.4 is 0 Å². The van der Waals surface area contributed by atoms with Crippen LogP contribution in [0.25, 0.3) is 0 Å². The monoisotopic (exact) mass is 369 g/mol. The van der Waals surface area contributed by atoms with E-state index in [9.17, 15) is 13.2 Å². The Morgan fingerprint density at radius 2 is 1.92 bits per heavy atom. The molecule has 2 atom stereocenters. The van der Waals surface area contributed by atoms with Gasteiger partial charge in [-0.1, -0.05) is 30.3 Å². The number of ether oxygens (including phenoxy) is 2. The fraction of sp³-hybridized carbons (Fsp3) is 0.611. The van der Waals surface area contributed by atoms with Gasteiger partial charge >= 0.3 is 6.09 Å². The molecular weight excluding hydrogens is 342 g/mol. The maximum absolute atomic E-state index is 12.5. The van der Waals surface area contributed by atoms with Crippen LogP contribution >= 0.6 is 0 Å². The quantitative estimate of drug-likeness (QED) is 0.818. The van der Waals surface area contributed by atoms with Crippen LogP contribution in [0.15, 0.2) is 30.3 Å². The summed E-state index contributed by atoms with van der Waals surface area (Å²) in [4.78, 5) is 14.1. The van der Waals surface area contributed by atoms with Gasteiger partial charge in [0.1, 0.15) is 15.4 Å². The van der Waals surface area contributed by atoms with E-state index in [-0.39, 0.29) is 18.3 Å². The van der Waals surface area contributed by atoms with Crippen molar-refractivity contribution in [2.24, 2.45) is 0 Å². The van der Waals surface area contributed by atoms with Gasteiger partial charge in [0.25, 0.3) is 0 Å². The average Bonchev–Trinajstić information content (AvgIpc) is 2.67. The first-order valence-electron chi connectivity index (χ1n) is 8.37. The number of amides is 1. The molecule has 1 fully saturated rings. The molecular formula is C18H27NO5S. The SMILES string of the molecule is CC(C)(C)OC(=O)N1CCO[C@H](CS(C)(=O)=O)C(c2ccccc2)C1. The zero-order valence-electron chi connectivity index (χ0n) is 15.3. The second-order valence-electron chi connectivity index (χ2n) is 7.45. The van der Waals surface area contributed by atoms with Crippen molar-refractivity contribution in [1.29, 1.82) is 0 Å². The van der Waals surface area contributed by atoms with Crippen molar-refractivity contribution in [3.05, 3.63) is 35.9 Å². The van der Waals surface area contributed by atoms with Gasteiger partial charge in [-0.2, -0.15) is 0 Å². The molecule has 1 saturated heterocycles. The predicted molar refractivity (Wildman–Crippen MR) is 96.4 cm³/mol. The third-order valence-corrected chi connectivity index (χ3v) is 4.84. The molecule has 1 aromatic carbocycles. The summed E-state index contributed by atoms with van der Waals surface area (Å²) in [5, 5.41) is 0. The Hall–Kier alpha value is -1.60. The van der Waals surface area contributed by atoms with Crippen LogP contribution in [0.1, 0.15) is 32.3 Å². The number of hydrogen-bond donors (Lipinski definition) is 0. The molecule has 0 spiro atoms. The lowest BCUT2D eigenvalue weighted by atomic mass is 9.94. The van der Waals surface area contributed by atoms with Crippen LogP contribution in [0.3, 0.4) is 0 Å². The number of hydrogen-bond acceptors (Lipinski definition) is 5. The van der Waals surface area contributed by atoms with E-state index in [1.807, 2.05) is 51.1 Å². The molecule has 0 saturated carbocycles. The van der Waals surface area contributed by atoms with Gasteiger partial charge < -0.3 is 14.4 Å². The largest absolute Gasteiger partial charge is 0.444 e. The number of benzene rings is 1. The van der Waals surface area contributed by atoms with Crippen molar-refractivity contribution in [2.75, 3.05) is 31.7 Å². The molecule has 0 N–H and O–H groups in total. The van der Waals surface area contributed by atoms with E-state index in [4.69, 9.17) is 9.47 Å². The summed E-state index contributed by atoms with van der Waals surface area (Å²) in [6.45, 7) is 6.47. The molecule has 0 bridgehead atoms. The molecule has 0 radical (unpaired) electrons. The highest BCUT2D eigenvalue weighted by Gasteiger charge is 2.34. The van der Waals surface area contributed by atoms with Crippen LogP contribution in [0, 0.1) is 0 Å². The van der Waals surface area contributed by atoms with E-state index in [0.717, 1.165) is 5.56 Å². The molecule has 1 aromatic rings. The molecule has 25 heavy (non-hydrogen) atoms. The van der Waals surface area contributed by atoms with Gasteiger partial charge in [-0.25, -0.2) is 13.2 Å². The van der Waals surface area contributed by atoms with E-state index >= 15 is 0 Å². The Morgan fingerprint density at radius 3 is 2.48 bits per heavy atom. The van der Waals surface area contributed by atoms with Gasteiger partial charge in [0.15, 0.2) is 0 Å². The highest BCUT2D eigenvalue weighted by atomic mass is 32.2. The topological polar surface area (TPSA) is 72.9 Å². The highest BCUT2D eigenvalue weighted by Crippen LogP contribution is 2.27. The Labute approximate surface area is 150 Å². The summed E-state index contributed by atoms with van der Waals surface area (Å²) in [6, 6.07) is 9.56. The average molecular weight is 369 g/mol. The zero-order chi connectivity index (χ0) is 18.7. The second-order valence-corrected chi connectivity index (χ2v) is 9.63. The van der Waals surface area contributed by atoms with E-state index in [2.05, 4.69) is 0 Å². The van der Waals surface area contributed by atoms with E-state index in [1.54, 1.807) is 4.90 Å². The fourth-order valence-corrected chi connectivity index (χ4v) is 3.78. The minimum Gasteiger partial charge on any atom is -0.444 e.